The number of allylic oxidation sites excluding steroid dienone is 4. The predicted molar refractivity (Wildman–Crippen MR) is 91.1 cm³/mol. The summed E-state index contributed by atoms with van der Waals surface area (Å²) in [6.07, 6.45) is -3.36. The monoisotopic (exact) mass is 381 g/mol. The number of benzene rings is 1. The molecule has 3 N–H and O–H groups in total. The lowest BCUT2D eigenvalue weighted by Crippen LogP contribution is -2.54. The number of amides is 2. The Morgan fingerprint density at radius 2 is 2.15 bits per heavy atom. The van der Waals surface area contributed by atoms with E-state index in [2.05, 4.69) is 10.3 Å². The third-order valence-corrected chi connectivity index (χ3v) is 4.16. The topological polar surface area (TPSA) is 114 Å². The van der Waals surface area contributed by atoms with Crippen LogP contribution in [0.5, 0.6) is 0 Å². The van der Waals surface area contributed by atoms with Crippen LogP contribution in [0.15, 0.2) is 46.6 Å². The number of rotatable bonds is 3. The second-order valence-electron chi connectivity index (χ2n) is 5.90. The molecule has 1 aliphatic carbocycles. The molecule has 1 aromatic rings. The highest BCUT2D eigenvalue weighted by molar-refractivity contribution is 6.12. The van der Waals surface area contributed by atoms with Crippen molar-refractivity contribution in [3.63, 3.8) is 0 Å². The number of carbonyl (C=O) groups is 1. The zero-order valence-corrected chi connectivity index (χ0v) is 13.9. The summed E-state index contributed by atoms with van der Waals surface area (Å²) in [5.41, 5.74) is 3.91. The molecule has 0 bridgehead atoms. The fraction of sp³-hybridized carbons (Fsp3) is 0.250. The summed E-state index contributed by atoms with van der Waals surface area (Å²) < 4.78 is 40.4. The van der Waals surface area contributed by atoms with Crippen LogP contribution in [-0.2, 0) is 0 Å². The van der Waals surface area contributed by atoms with Gasteiger partial charge in [0.15, 0.2) is 0 Å². The number of nitro groups is 1. The Balaban J connectivity index is 2.14. The molecule has 0 fully saturated rings. The van der Waals surface area contributed by atoms with Crippen LogP contribution in [0.2, 0.25) is 0 Å². The molecule has 11 heteroatoms. The molecule has 2 aliphatic rings. The number of halogens is 3. The van der Waals surface area contributed by atoms with E-state index in [1.165, 1.54) is 31.2 Å². The maximum atomic E-state index is 13.5. The Bertz CT molecular complexity index is 920. The summed E-state index contributed by atoms with van der Waals surface area (Å²) in [6.45, 7) is 1.48. The zero-order chi connectivity index (χ0) is 19.9. The second-order valence-corrected chi connectivity index (χ2v) is 5.90. The molecule has 0 radical (unpaired) electrons. The molecule has 1 aliphatic heterocycles. The molecule has 0 spiro atoms. The van der Waals surface area contributed by atoms with E-state index in [0.29, 0.717) is 4.90 Å². The number of nitrogens with one attached hydrogen (secondary N) is 1. The SMILES string of the molecule is Cc1cccc([N+](=O)[O-])c1N(C(N)=O)C1N=C2C=CCC2=C(C(F)(F)F)N1. The molecular weight excluding hydrogens is 367 g/mol. The molecule has 3 rings (SSSR count). The van der Waals surface area contributed by atoms with Crippen molar-refractivity contribution in [1.82, 2.24) is 5.32 Å². The maximum absolute atomic E-state index is 13.5. The highest BCUT2D eigenvalue weighted by atomic mass is 19.4. The maximum Gasteiger partial charge on any atom is 0.431 e. The quantitative estimate of drug-likeness (QED) is 0.619. The molecule has 8 nitrogen and oxygen atoms in total. The van der Waals surface area contributed by atoms with Crippen LogP contribution in [-0.4, -0.2) is 29.1 Å². The van der Waals surface area contributed by atoms with E-state index in [-0.39, 0.29) is 29.0 Å². The van der Waals surface area contributed by atoms with Gasteiger partial charge in [-0.1, -0.05) is 18.2 Å². The van der Waals surface area contributed by atoms with Crippen LogP contribution in [0.4, 0.5) is 29.3 Å². The fourth-order valence-electron chi connectivity index (χ4n) is 3.06. The molecule has 27 heavy (non-hydrogen) atoms. The van der Waals surface area contributed by atoms with Crippen molar-refractivity contribution >= 4 is 23.1 Å². The molecule has 142 valence electrons. The van der Waals surface area contributed by atoms with E-state index in [1.54, 1.807) is 0 Å². The number of aryl methyl sites for hydroxylation is 1. The number of aliphatic imine (C=N–C) groups is 1. The average molecular weight is 381 g/mol. The van der Waals surface area contributed by atoms with E-state index < -0.39 is 34.8 Å². The minimum atomic E-state index is -4.72. The van der Waals surface area contributed by atoms with Gasteiger partial charge in [0.2, 0.25) is 6.29 Å². The summed E-state index contributed by atoms with van der Waals surface area (Å²) in [4.78, 5) is 27.5. The van der Waals surface area contributed by atoms with Crippen LogP contribution < -0.4 is 16.0 Å². The van der Waals surface area contributed by atoms with Crippen molar-refractivity contribution in [2.24, 2.45) is 10.7 Å². The van der Waals surface area contributed by atoms with E-state index >= 15 is 0 Å². The highest BCUT2D eigenvalue weighted by Gasteiger charge is 2.43. The third kappa shape index (κ3) is 3.23. The van der Waals surface area contributed by atoms with Gasteiger partial charge in [0.25, 0.3) is 5.69 Å². The van der Waals surface area contributed by atoms with Gasteiger partial charge in [-0.25, -0.2) is 14.7 Å². The van der Waals surface area contributed by atoms with Gasteiger partial charge in [-0.3, -0.25) is 10.1 Å². The molecule has 1 unspecified atom stereocenters. The molecule has 1 aromatic carbocycles. The first-order valence-electron chi connectivity index (χ1n) is 7.75. The zero-order valence-electron chi connectivity index (χ0n) is 13.9. The number of anilines is 1. The third-order valence-electron chi connectivity index (χ3n) is 4.16. The van der Waals surface area contributed by atoms with E-state index in [9.17, 15) is 28.1 Å². The van der Waals surface area contributed by atoms with Crippen molar-refractivity contribution in [1.29, 1.82) is 0 Å². The molecule has 1 atom stereocenters. The summed E-state index contributed by atoms with van der Waals surface area (Å²) in [7, 11) is 0. The summed E-state index contributed by atoms with van der Waals surface area (Å²) in [6, 6.07) is 2.83. The minimum absolute atomic E-state index is 0.0362. The number of nitrogens with two attached hydrogens (primary N) is 1. The average Bonchev–Trinajstić information content (AvgIpc) is 3.02. The lowest BCUT2D eigenvalue weighted by molar-refractivity contribution is -0.384. The number of carbonyl (C=O) groups excluding carboxylic acids is 1. The van der Waals surface area contributed by atoms with Crippen molar-refractivity contribution in [3.05, 3.63) is 57.3 Å². The van der Waals surface area contributed by atoms with Crippen molar-refractivity contribution in [3.8, 4) is 0 Å². The van der Waals surface area contributed by atoms with Gasteiger partial charge in [0.05, 0.1) is 10.6 Å². The van der Waals surface area contributed by atoms with Gasteiger partial charge >= 0.3 is 12.2 Å². The van der Waals surface area contributed by atoms with E-state index in [4.69, 9.17) is 5.73 Å². The highest BCUT2D eigenvalue weighted by Crippen LogP contribution is 2.37. The van der Waals surface area contributed by atoms with Crippen LogP contribution in [0.3, 0.4) is 0 Å². The fourth-order valence-corrected chi connectivity index (χ4v) is 3.06. The standard InChI is InChI=1S/C16H14F3N5O3/c1-8-4-2-7-11(24(26)27)12(8)23(14(20)25)15-21-10-6-3-5-9(10)13(22-15)16(17,18)19/h2-4,6-7,15,22H,5H2,1H3,(H2,20,25). The largest absolute Gasteiger partial charge is 0.431 e. The van der Waals surface area contributed by atoms with Gasteiger partial charge in [-0.15, -0.1) is 0 Å². The van der Waals surface area contributed by atoms with E-state index in [1.807, 2.05) is 0 Å². The molecule has 2 amide bonds. The Morgan fingerprint density at radius 1 is 1.44 bits per heavy atom. The normalized spacial score (nSPS) is 18.7. The van der Waals surface area contributed by atoms with Gasteiger partial charge in [-0.05, 0) is 25.0 Å². The number of fused-ring (bicyclic) bond motifs is 1. The first-order chi connectivity index (χ1) is 12.6. The number of alkyl halides is 3. The molecule has 0 saturated heterocycles. The smallest absolute Gasteiger partial charge is 0.351 e. The lowest BCUT2D eigenvalue weighted by Gasteiger charge is -2.34. The van der Waals surface area contributed by atoms with E-state index in [0.717, 1.165) is 6.07 Å². The van der Waals surface area contributed by atoms with Gasteiger partial charge < -0.3 is 11.1 Å². The van der Waals surface area contributed by atoms with Gasteiger partial charge in [0, 0.05) is 11.6 Å². The number of primary amides is 1. The number of para-hydroxylation sites is 1. The van der Waals surface area contributed by atoms with Gasteiger partial charge in [0.1, 0.15) is 11.4 Å². The number of hydrogen-bond acceptors (Lipinski definition) is 5. The van der Waals surface area contributed by atoms with Crippen molar-refractivity contribution in [2.75, 3.05) is 4.90 Å². The summed E-state index contributed by atoms with van der Waals surface area (Å²) >= 11 is 0. The molecular formula is C16H14F3N5O3. The Labute approximate surface area is 151 Å². The van der Waals surface area contributed by atoms with Crippen LogP contribution >= 0.6 is 0 Å². The predicted octanol–water partition coefficient (Wildman–Crippen LogP) is 2.89. The van der Waals surface area contributed by atoms with Gasteiger partial charge in [-0.2, -0.15) is 13.2 Å². The number of nitro benzene ring substituents is 1. The van der Waals surface area contributed by atoms with Crippen molar-refractivity contribution < 1.29 is 22.9 Å². The molecule has 1 heterocycles. The Kier molecular flexibility index (Phi) is 4.38. The van der Waals surface area contributed by atoms with Crippen LogP contribution in [0.1, 0.15) is 12.0 Å². The number of hydrogen-bond donors (Lipinski definition) is 2. The minimum Gasteiger partial charge on any atom is -0.351 e. The first-order valence-corrected chi connectivity index (χ1v) is 7.75. The second kappa shape index (κ2) is 6.41. The number of urea groups is 1. The van der Waals surface area contributed by atoms with Crippen LogP contribution in [0.25, 0.3) is 0 Å². The lowest BCUT2D eigenvalue weighted by atomic mass is 10.1. The molecule has 0 aromatic heterocycles. The Hall–Kier alpha value is -3.37. The summed E-state index contributed by atoms with van der Waals surface area (Å²) in [5.74, 6) is 0. The number of nitrogens with zero attached hydrogens (tertiary/aromatic N) is 3. The molecule has 0 saturated carbocycles. The Morgan fingerprint density at radius 3 is 2.74 bits per heavy atom. The first kappa shape index (κ1) is 18.4. The summed E-state index contributed by atoms with van der Waals surface area (Å²) in [5, 5.41) is 13.5. The van der Waals surface area contributed by atoms with Crippen LogP contribution in [0, 0.1) is 17.0 Å². The van der Waals surface area contributed by atoms with Crippen molar-refractivity contribution in [2.45, 2.75) is 25.8 Å².